The Balaban J connectivity index is 1.10. The summed E-state index contributed by atoms with van der Waals surface area (Å²) < 4.78 is 29.7. The predicted molar refractivity (Wildman–Crippen MR) is 168 cm³/mol. The lowest BCUT2D eigenvalue weighted by atomic mass is 9.92. The second-order valence-corrected chi connectivity index (χ2v) is 12.9. The number of β-amino-alcohol motifs (C(OH)–C–C–N with tert-alkyl or cyclic N) is 1. The summed E-state index contributed by atoms with van der Waals surface area (Å²) in [6.45, 7) is 1.67. The van der Waals surface area contributed by atoms with E-state index in [9.17, 15) is 33.4 Å². The zero-order chi connectivity index (χ0) is 33.0. The average Bonchev–Trinajstić information content (AvgIpc) is 3.60. The van der Waals surface area contributed by atoms with E-state index >= 15 is 0 Å². The number of amides is 3. The molecular weight excluding hydrogens is 665 g/mol. The summed E-state index contributed by atoms with van der Waals surface area (Å²) in [4.78, 5) is 47.0. The van der Waals surface area contributed by atoms with Crippen molar-refractivity contribution >= 4 is 58.1 Å². The van der Waals surface area contributed by atoms with Gasteiger partial charge in [-0.15, -0.1) is 0 Å². The fourth-order valence-corrected chi connectivity index (χ4v) is 6.79. The van der Waals surface area contributed by atoms with Gasteiger partial charge in [-0.3, -0.25) is 24.2 Å². The molecule has 0 radical (unpaired) electrons. The standard InChI is InChI=1S/C30H30Cl2F2N6O5S/c31-20-11-19(27(42)23(32)13-20)12-25-28(43)40(29(44)46-25)6-2-1-3-26(41)38-9-7-37(8-10-38)15-30(45,16-39-18-35-17-36-39)22-5-4-21(33)14-24(22)34/h4-5,11-14,17-18,42,45H,1-3,6-10,15-16H2. The van der Waals surface area contributed by atoms with Crippen molar-refractivity contribution in [3.05, 3.63) is 80.7 Å². The summed E-state index contributed by atoms with van der Waals surface area (Å²) in [5, 5.41) is 25.6. The second-order valence-electron chi connectivity index (χ2n) is 11.0. The molecule has 3 heterocycles. The zero-order valence-corrected chi connectivity index (χ0v) is 26.7. The monoisotopic (exact) mass is 694 g/mol. The largest absolute Gasteiger partial charge is 0.506 e. The number of phenolic OH excluding ortho intramolecular Hbond substituents is 1. The number of imide groups is 1. The normalized spacial score (nSPS) is 18.1. The summed E-state index contributed by atoms with van der Waals surface area (Å²) in [5.41, 5.74) is -1.58. The van der Waals surface area contributed by atoms with Crippen LogP contribution in [0.2, 0.25) is 10.0 Å². The van der Waals surface area contributed by atoms with Crippen LogP contribution in [0.25, 0.3) is 6.08 Å². The van der Waals surface area contributed by atoms with Crippen molar-refractivity contribution in [1.29, 1.82) is 0 Å². The molecule has 2 fully saturated rings. The minimum atomic E-state index is -1.74. The number of carbonyl (C=O) groups is 3. The van der Waals surface area contributed by atoms with Gasteiger partial charge in [0.1, 0.15) is 35.6 Å². The van der Waals surface area contributed by atoms with E-state index in [0.29, 0.717) is 39.0 Å². The van der Waals surface area contributed by atoms with Crippen molar-refractivity contribution in [3.8, 4) is 5.75 Å². The molecule has 0 bridgehead atoms. The Kier molecular flexibility index (Phi) is 10.6. The molecule has 2 aliphatic heterocycles. The number of nitrogens with zero attached hydrogens (tertiary/aromatic N) is 6. The molecular formula is C30H30Cl2F2N6O5S. The number of thioether (sulfide) groups is 1. The van der Waals surface area contributed by atoms with Gasteiger partial charge in [0.2, 0.25) is 5.91 Å². The average molecular weight is 696 g/mol. The third-order valence-electron chi connectivity index (χ3n) is 7.77. The minimum Gasteiger partial charge on any atom is -0.506 e. The molecule has 0 saturated carbocycles. The van der Waals surface area contributed by atoms with Crippen molar-refractivity contribution in [1.82, 2.24) is 29.5 Å². The van der Waals surface area contributed by atoms with E-state index in [1.54, 1.807) is 4.90 Å². The molecule has 5 rings (SSSR count). The summed E-state index contributed by atoms with van der Waals surface area (Å²) in [5.74, 6) is -2.45. The Morgan fingerprint density at radius 3 is 2.52 bits per heavy atom. The molecule has 0 aliphatic carbocycles. The van der Waals surface area contributed by atoms with Crippen molar-refractivity contribution in [2.24, 2.45) is 0 Å². The van der Waals surface area contributed by atoms with Crippen LogP contribution in [0.5, 0.6) is 5.75 Å². The lowest BCUT2D eigenvalue weighted by molar-refractivity contribution is -0.133. The number of aromatic hydroxyl groups is 1. The lowest BCUT2D eigenvalue weighted by Crippen LogP contribution is -2.53. The van der Waals surface area contributed by atoms with E-state index < -0.39 is 28.4 Å². The Morgan fingerprint density at radius 1 is 1.07 bits per heavy atom. The number of halogens is 4. The Morgan fingerprint density at radius 2 is 1.83 bits per heavy atom. The molecule has 46 heavy (non-hydrogen) atoms. The number of aromatic nitrogens is 3. The zero-order valence-electron chi connectivity index (χ0n) is 24.4. The van der Waals surface area contributed by atoms with Crippen LogP contribution in [0.4, 0.5) is 13.6 Å². The molecule has 1 atom stereocenters. The van der Waals surface area contributed by atoms with Gasteiger partial charge in [-0.2, -0.15) is 5.10 Å². The van der Waals surface area contributed by atoms with E-state index in [0.717, 1.165) is 28.8 Å². The van der Waals surface area contributed by atoms with Crippen LogP contribution in [0.15, 0.2) is 47.9 Å². The highest BCUT2D eigenvalue weighted by atomic mass is 35.5. The molecule has 2 aromatic carbocycles. The topological polar surface area (TPSA) is 132 Å². The van der Waals surface area contributed by atoms with E-state index in [1.807, 2.05) is 4.90 Å². The first-order valence-corrected chi connectivity index (χ1v) is 15.9. The predicted octanol–water partition coefficient (Wildman–Crippen LogP) is 4.51. The lowest BCUT2D eigenvalue weighted by Gasteiger charge is -2.39. The van der Waals surface area contributed by atoms with Crippen LogP contribution >= 0.6 is 35.0 Å². The van der Waals surface area contributed by atoms with Crippen LogP contribution in [0.3, 0.4) is 0 Å². The Hall–Kier alpha value is -3.56. The molecule has 1 unspecified atom stereocenters. The summed E-state index contributed by atoms with van der Waals surface area (Å²) >= 11 is 12.7. The summed E-state index contributed by atoms with van der Waals surface area (Å²) in [6.07, 6.45) is 5.16. The van der Waals surface area contributed by atoms with E-state index in [2.05, 4.69) is 10.1 Å². The molecule has 2 saturated heterocycles. The van der Waals surface area contributed by atoms with Gasteiger partial charge in [-0.05, 0) is 48.9 Å². The number of rotatable bonds is 11. The SMILES string of the molecule is O=C(CCCCN1C(=O)SC(=Cc2cc(Cl)cc(Cl)c2O)C1=O)N1CCN(CC(O)(Cn2cncn2)c2ccc(F)cc2F)CC1. The molecule has 0 spiro atoms. The maximum absolute atomic E-state index is 14.8. The summed E-state index contributed by atoms with van der Waals surface area (Å²) in [6, 6.07) is 5.84. The highest BCUT2D eigenvalue weighted by Crippen LogP contribution is 2.37. The van der Waals surface area contributed by atoms with Gasteiger partial charge in [-0.1, -0.05) is 29.3 Å². The number of unbranched alkanes of at least 4 members (excludes halogenated alkanes) is 1. The van der Waals surface area contributed by atoms with E-state index in [1.165, 1.54) is 41.6 Å². The fraction of sp³-hybridized carbons (Fsp3) is 0.367. The highest BCUT2D eigenvalue weighted by molar-refractivity contribution is 8.18. The molecule has 2 N–H and O–H groups in total. The van der Waals surface area contributed by atoms with Gasteiger partial charge >= 0.3 is 0 Å². The number of hydrogen-bond acceptors (Lipinski definition) is 9. The molecule has 1 aromatic heterocycles. The van der Waals surface area contributed by atoms with Gasteiger partial charge in [-0.25, -0.2) is 18.4 Å². The van der Waals surface area contributed by atoms with E-state index in [4.69, 9.17) is 23.2 Å². The fourth-order valence-electron chi connectivity index (χ4n) is 5.43. The number of carbonyl (C=O) groups excluding carboxylic acids is 3. The molecule has 3 amide bonds. The number of benzene rings is 2. The molecule has 11 nitrogen and oxygen atoms in total. The molecule has 2 aliphatic rings. The second kappa shape index (κ2) is 14.5. The van der Waals surface area contributed by atoms with Crippen molar-refractivity contribution in [2.45, 2.75) is 31.4 Å². The Bertz CT molecular complexity index is 1650. The van der Waals surface area contributed by atoms with Crippen molar-refractivity contribution in [3.63, 3.8) is 0 Å². The number of hydrogen-bond donors (Lipinski definition) is 2. The van der Waals surface area contributed by atoms with Crippen LogP contribution < -0.4 is 0 Å². The first kappa shape index (κ1) is 33.8. The molecule has 244 valence electrons. The van der Waals surface area contributed by atoms with Gasteiger partial charge in [0.05, 0.1) is 16.5 Å². The quantitative estimate of drug-likeness (QED) is 0.220. The Labute approximate surface area is 277 Å². The van der Waals surface area contributed by atoms with Gasteiger partial charge in [0.15, 0.2) is 0 Å². The molecule has 3 aromatic rings. The third-order valence-corrected chi connectivity index (χ3v) is 9.19. The van der Waals surface area contributed by atoms with Gasteiger partial charge in [0.25, 0.3) is 11.1 Å². The number of piperazine rings is 1. The van der Waals surface area contributed by atoms with Crippen LogP contribution in [-0.4, -0.2) is 96.0 Å². The maximum atomic E-state index is 14.8. The number of aliphatic hydroxyl groups is 1. The van der Waals surface area contributed by atoms with Gasteiger partial charge in [0, 0.05) is 67.9 Å². The summed E-state index contributed by atoms with van der Waals surface area (Å²) in [7, 11) is 0. The molecule has 16 heteroatoms. The smallest absolute Gasteiger partial charge is 0.293 e. The van der Waals surface area contributed by atoms with Crippen molar-refractivity contribution in [2.75, 3.05) is 39.3 Å². The third kappa shape index (κ3) is 7.86. The highest BCUT2D eigenvalue weighted by Gasteiger charge is 2.37. The van der Waals surface area contributed by atoms with Crippen LogP contribution in [0.1, 0.15) is 30.4 Å². The number of phenols is 1. The first-order valence-electron chi connectivity index (χ1n) is 14.4. The maximum Gasteiger partial charge on any atom is 0.293 e. The minimum absolute atomic E-state index is 0.0216. The van der Waals surface area contributed by atoms with Gasteiger partial charge < -0.3 is 15.1 Å². The van der Waals surface area contributed by atoms with E-state index in [-0.39, 0.29) is 63.8 Å². The van der Waals surface area contributed by atoms with Crippen LogP contribution in [0, 0.1) is 11.6 Å². The van der Waals surface area contributed by atoms with Crippen LogP contribution in [-0.2, 0) is 21.7 Å². The first-order chi connectivity index (χ1) is 21.9. The van der Waals surface area contributed by atoms with Crippen molar-refractivity contribution < 1.29 is 33.4 Å².